The number of carbonyl (C=O) groups excluding carboxylic acids is 1. The van der Waals surface area contributed by atoms with Gasteiger partial charge in [0.15, 0.2) is 0 Å². The summed E-state index contributed by atoms with van der Waals surface area (Å²) in [6.45, 7) is 1.76. The Morgan fingerprint density at radius 2 is 1.96 bits per heavy atom. The van der Waals surface area contributed by atoms with Gasteiger partial charge in [0.25, 0.3) is 0 Å². The van der Waals surface area contributed by atoms with Crippen LogP contribution < -0.4 is 5.32 Å². The molecular weight excluding hydrogens is 326 g/mol. The molecule has 126 valence electrons. The molecule has 1 fully saturated rings. The molecular formula is C17H19N3O3S. The summed E-state index contributed by atoms with van der Waals surface area (Å²) in [5.41, 5.74) is 1.74. The normalized spacial score (nSPS) is 14.6. The smallest absolute Gasteiger partial charge is 0.245 e. The molecule has 0 radical (unpaired) electrons. The minimum atomic E-state index is -3.72. The summed E-state index contributed by atoms with van der Waals surface area (Å²) in [5.74, 6) is -0.349. The molecule has 1 aromatic carbocycles. The van der Waals surface area contributed by atoms with Gasteiger partial charge in [0.05, 0.1) is 6.54 Å². The Hall–Kier alpha value is -2.25. The maximum atomic E-state index is 12.8. The van der Waals surface area contributed by atoms with E-state index < -0.39 is 10.0 Å². The summed E-state index contributed by atoms with van der Waals surface area (Å²) in [4.78, 5) is 16.3. The molecule has 1 N–H and O–H groups in total. The molecule has 1 saturated carbocycles. The number of rotatable bonds is 6. The SMILES string of the molecule is Cc1ccc(NC(=O)CN(C2CC2)S(=O)(=O)c2cccnc2)cc1. The van der Waals surface area contributed by atoms with Crippen LogP contribution >= 0.6 is 0 Å². The lowest BCUT2D eigenvalue weighted by atomic mass is 10.2. The van der Waals surface area contributed by atoms with Gasteiger partial charge in [-0.2, -0.15) is 4.31 Å². The summed E-state index contributed by atoms with van der Waals surface area (Å²) in [6.07, 6.45) is 4.38. The number of hydrogen-bond donors (Lipinski definition) is 1. The molecule has 1 amide bonds. The van der Waals surface area contributed by atoms with Crippen LogP contribution in [0.3, 0.4) is 0 Å². The number of pyridine rings is 1. The van der Waals surface area contributed by atoms with Crippen LogP contribution in [0, 0.1) is 6.92 Å². The lowest BCUT2D eigenvalue weighted by molar-refractivity contribution is -0.116. The number of aryl methyl sites for hydroxylation is 1. The van der Waals surface area contributed by atoms with E-state index in [1.54, 1.807) is 18.2 Å². The van der Waals surface area contributed by atoms with Crippen molar-refractivity contribution in [1.82, 2.24) is 9.29 Å². The minimum absolute atomic E-state index is 0.111. The molecule has 0 bridgehead atoms. The lowest BCUT2D eigenvalue weighted by Crippen LogP contribution is -2.39. The highest BCUT2D eigenvalue weighted by atomic mass is 32.2. The summed E-state index contributed by atoms with van der Waals surface area (Å²) in [7, 11) is -3.72. The summed E-state index contributed by atoms with van der Waals surface area (Å²) in [5, 5.41) is 2.75. The van der Waals surface area contributed by atoms with Gasteiger partial charge in [-0.05, 0) is 44.0 Å². The first-order valence-electron chi connectivity index (χ1n) is 7.75. The number of aromatic nitrogens is 1. The zero-order chi connectivity index (χ0) is 17.2. The van der Waals surface area contributed by atoms with Crippen LogP contribution in [-0.4, -0.2) is 36.2 Å². The fourth-order valence-corrected chi connectivity index (χ4v) is 3.99. The third-order valence-electron chi connectivity index (χ3n) is 3.83. The Morgan fingerprint density at radius 1 is 1.25 bits per heavy atom. The average molecular weight is 345 g/mol. The van der Waals surface area contributed by atoms with Gasteiger partial charge in [-0.15, -0.1) is 0 Å². The first-order chi connectivity index (χ1) is 11.5. The van der Waals surface area contributed by atoms with Gasteiger partial charge in [-0.1, -0.05) is 17.7 Å². The average Bonchev–Trinajstić information content (AvgIpc) is 3.40. The Morgan fingerprint density at radius 3 is 2.54 bits per heavy atom. The van der Waals surface area contributed by atoms with Gasteiger partial charge < -0.3 is 5.32 Å². The predicted molar refractivity (Wildman–Crippen MR) is 91.0 cm³/mol. The van der Waals surface area contributed by atoms with E-state index in [0.29, 0.717) is 5.69 Å². The van der Waals surface area contributed by atoms with Crippen molar-refractivity contribution >= 4 is 21.6 Å². The highest BCUT2D eigenvalue weighted by Gasteiger charge is 2.39. The standard InChI is InChI=1S/C17H19N3O3S/c1-13-4-6-14(7-5-13)19-17(21)12-20(15-8-9-15)24(22,23)16-3-2-10-18-11-16/h2-7,10-11,15H,8-9,12H2,1H3,(H,19,21). The molecule has 1 heterocycles. The Labute approximate surface area is 141 Å². The van der Waals surface area contributed by atoms with Crippen molar-refractivity contribution in [2.45, 2.75) is 30.7 Å². The molecule has 1 aromatic heterocycles. The molecule has 0 unspecified atom stereocenters. The molecule has 0 saturated heterocycles. The second-order valence-corrected chi connectivity index (χ2v) is 7.77. The van der Waals surface area contributed by atoms with Crippen LogP contribution in [-0.2, 0) is 14.8 Å². The first-order valence-corrected chi connectivity index (χ1v) is 9.19. The van der Waals surface area contributed by atoms with Crippen molar-refractivity contribution in [3.63, 3.8) is 0 Å². The van der Waals surface area contributed by atoms with E-state index in [4.69, 9.17) is 0 Å². The largest absolute Gasteiger partial charge is 0.325 e. The van der Waals surface area contributed by atoms with Gasteiger partial charge in [0.1, 0.15) is 4.90 Å². The summed E-state index contributed by atoms with van der Waals surface area (Å²) in [6, 6.07) is 10.3. The first kappa shape index (κ1) is 16.6. The quantitative estimate of drug-likeness (QED) is 0.870. The van der Waals surface area contributed by atoms with Gasteiger partial charge in [-0.3, -0.25) is 9.78 Å². The van der Waals surface area contributed by atoms with E-state index in [0.717, 1.165) is 18.4 Å². The molecule has 0 atom stereocenters. The number of carbonyl (C=O) groups is 1. The Kier molecular flexibility index (Phi) is 4.64. The number of anilines is 1. The van der Waals surface area contributed by atoms with Crippen molar-refractivity contribution < 1.29 is 13.2 Å². The van der Waals surface area contributed by atoms with Crippen LogP contribution in [0.15, 0.2) is 53.7 Å². The maximum absolute atomic E-state index is 12.8. The van der Waals surface area contributed by atoms with Crippen molar-refractivity contribution in [3.05, 3.63) is 54.4 Å². The molecule has 24 heavy (non-hydrogen) atoms. The third-order valence-corrected chi connectivity index (χ3v) is 5.71. The molecule has 2 aromatic rings. The van der Waals surface area contributed by atoms with Crippen molar-refractivity contribution in [1.29, 1.82) is 0 Å². The molecule has 7 heteroatoms. The van der Waals surface area contributed by atoms with Crippen molar-refractivity contribution in [2.75, 3.05) is 11.9 Å². The third kappa shape index (κ3) is 3.80. The van der Waals surface area contributed by atoms with Gasteiger partial charge >= 0.3 is 0 Å². The second-order valence-electron chi connectivity index (χ2n) is 5.88. The van der Waals surface area contributed by atoms with Crippen LogP contribution in [0.1, 0.15) is 18.4 Å². The number of hydrogen-bond acceptors (Lipinski definition) is 4. The highest BCUT2D eigenvalue weighted by molar-refractivity contribution is 7.89. The number of benzene rings is 1. The molecule has 1 aliphatic rings. The van der Waals surface area contributed by atoms with E-state index >= 15 is 0 Å². The number of amides is 1. The molecule has 0 aliphatic heterocycles. The number of nitrogens with one attached hydrogen (secondary N) is 1. The predicted octanol–water partition coefficient (Wildman–Crippen LogP) is 2.18. The Bertz CT molecular complexity index is 816. The van der Waals surface area contributed by atoms with Crippen LogP contribution in [0.4, 0.5) is 5.69 Å². The fraction of sp³-hybridized carbons (Fsp3) is 0.294. The number of nitrogens with zero attached hydrogens (tertiary/aromatic N) is 2. The minimum Gasteiger partial charge on any atom is -0.325 e. The second kappa shape index (κ2) is 6.70. The van der Waals surface area contributed by atoms with Gasteiger partial charge in [-0.25, -0.2) is 8.42 Å². The summed E-state index contributed by atoms with van der Waals surface area (Å²) < 4.78 is 26.8. The van der Waals surface area contributed by atoms with Crippen molar-refractivity contribution in [2.24, 2.45) is 0 Å². The van der Waals surface area contributed by atoms with E-state index in [-0.39, 0.29) is 23.4 Å². The van der Waals surface area contributed by atoms with Gasteiger partial charge in [0.2, 0.25) is 15.9 Å². The van der Waals surface area contributed by atoms with Crippen LogP contribution in [0.5, 0.6) is 0 Å². The fourth-order valence-electron chi connectivity index (χ4n) is 2.39. The van der Waals surface area contributed by atoms with E-state index in [1.807, 2.05) is 19.1 Å². The van der Waals surface area contributed by atoms with E-state index in [2.05, 4.69) is 10.3 Å². The Balaban J connectivity index is 1.75. The molecule has 0 spiro atoms. The maximum Gasteiger partial charge on any atom is 0.245 e. The van der Waals surface area contributed by atoms with Crippen LogP contribution in [0.2, 0.25) is 0 Å². The topological polar surface area (TPSA) is 79.4 Å². The molecule has 3 rings (SSSR count). The highest BCUT2D eigenvalue weighted by Crippen LogP contribution is 2.31. The summed E-state index contributed by atoms with van der Waals surface area (Å²) >= 11 is 0. The van der Waals surface area contributed by atoms with E-state index in [1.165, 1.54) is 22.8 Å². The monoisotopic (exact) mass is 345 g/mol. The zero-order valence-electron chi connectivity index (χ0n) is 13.3. The van der Waals surface area contributed by atoms with E-state index in [9.17, 15) is 13.2 Å². The van der Waals surface area contributed by atoms with Crippen molar-refractivity contribution in [3.8, 4) is 0 Å². The molecule has 6 nitrogen and oxygen atoms in total. The lowest BCUT2D eigenvalue weighted by Gasteiger charge is -2.21. The van der Waals surface area contributed by atoms with Gasteiger partial charge in [0, 0.05) is 24.1 Å². The zero-order valence-corrected chi connectivity index (χ0v) is 14.2. The number of sulfonamides is 1. The van der Waals surface area contributed by atoms with Crippen LogP contribution in [0.25, 0.3) is 0 Å². The molecule has 1 aliphatic carbocycles.